The normalized spacial score (nSPS) is 10.8. The smallest absolute Gasteiger partial charge is 0.315 e. The van der Waals surface area contributed by atoms with E-state index in [2.05, 4.69) is 34.0 Å². The highest BCUT2D eigenvalue weighted by atomic mass is 32.2. The van der Waals surface area contributed by atoms with E-state index in [0.717, 1.165) is 25.9 Å². The Labute approximate surface area is 120 Å². The van der Waals surface area contributed by atoms with Gasteiger partial charge in [0.2, 0.25) is 5.89 Å². The largest absolute Gasteiger partial charge is 0.407 e. The van der Waals surface area contributed by atoms with Crippen molar-refractivity contribution < 1.29 is 4.42 Å². The predicted octanol–water partition coefficient (Wildman–Crippen LogP) is 2.90. The van der Waals surface area contributed by atoms with Crippen LogP contribution >= 0.6 is 11.8 Å². The maximum absolute atomic E-state index is 5.48. The zero-order valence-corrected chi connectivity index (χ0v) is 12.9. The molecule has 0 saturated heterocycles. The molecule has 19 heavy (non-hydrogen) atoms. The Hall–Kier alpha value is -0.750. The van der Waals surface area contributed by atoms with Crippen molar-refractivity contribution in [2.75, 3.05) is 30.4 Å². The number of anilines is 1. The first-order chi connectivity index (χ1) is 9.36. The van der Waals surface area contributed by atoms with Crippen LogP contribution in [0.4, 0.5) is 6.01 Å². The number of unbranched alkanes of at least 4 members (excludes halogenated alkanes) is 3. The van der Waals surface area contributed by atoms with Crippen LogP contribution in [0.1, 0.15) is 44.9 Å². The van der Waals surface area contributed by atoms with Gasteiger partial charge in [-0.3, -0.25) is 0 Å². The zero-order valence-electron chi connectivity index (χ0n) is 12.1. The second-order valence-corrected chi connectivity index (χ2v) is 5.50. The Bertz CT molecular complexity index is 319. The van der Waals surface area contributed by atoms with Crippen LogP contribution in [0.15, 0.2) is 4.42 Å². The lowest BCUT2D eigenvalue weighted by atomic mass is 10.2. The van der Waals surface area contributed by atoms with E-state index in [4.69, 9.17) is 4.42 Å². The first-order valence-corrected chi connectivity index (χ1v) is 8.52. The first-order valence-electron chi connectivity index (χ1n) is 7.12. The molecular weight excluding hydrogens is 260 g/mol. The summed E-state index contributed by atoms with van der Waals surface area (Å²) < 4.78 is 5.48. The van der Waals surface area contributed by atoms with Crippen LogP contribution in [-0.4, -0.2) is 35.3 Å². The van der Waals surface area contributed by atoms with Crippen molar-refractivity contribution in [2.45, 2.75) is 45.6 Å². The molecule has 5 nitrogen and oxygen atoms in total. The average molecular weight is 286 g/mol. The summed E-state index contributed by atoms with van der Waals surface area (Å²) in [5.41, 5.74) is 0. The molecule has 0 saturated carbocycles. The minimum atomic E-state index is 0.539. The number of nitrogens with zero attached hydrogens (tertiary/aromatic N) is 2. The van der Waals surface area contributed by atoms with Crippen molar-refractivity contribution in [3.63, 3.8) is 0 Å². The van der Waals surface area contributed by atoms with Gasteiger partial charge < -0.3 is 15.1 Å². The summed E-state index contributed by atoms with van der Waals surface area (Å²) >= 11 is 1.92. The quantitative estimate of drug-likeness (QED) is 0.576. The van der Waals surface area contributed by atoms with E-state index in [9.17, 15) is 0 Å². The topological polar surface area (TPSA) is 63.0 Å². The van der Waals surface area contributed by atoms with E-state index < -0.39 is 0 Å². The van der Waals surface area contributed by atoms with Crippen LogP contribution in [0.2, 0.25) is 0 Å². The van der Waals surface area contributed by atoms with Gasteiger partial charge in [-0.25, -0.2) is 0 Å². The number of nitrogens with one attached hydrogen (secondary N) is 2. The van der Waals surface area contributed by atoms with Gasteiger partial charge in [0.25, 0.3) is 0 Å². The Morgan fingerprint density at radius 2 is 1.95 bits per heavy atom. The van der Waals surface area contributed by atoms with Gasteiger partial charge in [-0.2, -0.15) is 11.8 Å². The van der Waals surface area contributed by atoms with Crippen LogP contribution in [-0.2, 0) is 6.54 Å². The van der Waals surface area contributed by atoms with Crippen molar-refractivity contribution >= 4 is 17.8 Å². The Kier molecular flexibility index (Phi) is 9.53. The minimum Gasteiger partial charge on any atom is -0.407 e. The summed E-state index contributed by atoms with van der Waals surface area (Å²) in [5.74, 6) is 1.92. The second-order valence-electron chi connectivity index (χ2n) is 4.51. The maximum Gasteiger partial charge on any atom is 0.315 e. The van der Waals surface area contributed by atoms with Crippen molar-refractivity contribution in [2.24, 2.45) is 0 Å². The highest BCUT2D eigenvalue weighted by Crippen LogP contribution is 2.07. The predicted molar refractivity (Wildman–Crippen MR) is 81.6 cm³/mol. The van der Waals surface area contributed by atoms with E-state index in [1.54, 1.807) is 0 Å². The lowest BCUT2D eigenvalue weighted by Crippen LogP contribution is -2.13. The van der Waals surface area contributed by atoms with Gasteiger partial charge in [0.05, 0.1) is 6.54 Å². The molecule has 110 valence electrons. The van der Waals surface area contributed by atoms with Gasteiger partial charge in [0.1, 0.15) is 0 Å². The van der Waals surface area contributed by atoms with Crippen LogP contribution < -0.4 is 10.6 Å². The van der Waals surface area contributed by atoms with Crippen LogP contribution in [0.5, 0.6) is 0 Å². The summed E-state index contributed by atoms with van der Waals surface area (Å²) in [4.78, 5) is 0. The molecule has 0 aliphatic heterocycles. The molecule has 0 aliphatic carbocycles. The maximum atomic E-state index is 5.48. The van der Waals surface area contributed by atoms with Crippen molar-refractivity contribution in [3.8, 4) is 0 Å². The summed E-state index contributed by atoms with van der Waals surface area (Å²) in [7, 11) is 0. The van der Waals surface area contributed by atoms with Gasteiger partial charge in [-0.05, 0) is 37.8 Å². The molecule has 1 aromatic rings. The van der Waals surface area contributed by atoms with Gasteiger partial charge in [-0.1, -0.05) is 24.9 Å². The van der Waals surface area contributed by atoms with E-state index in [-0.39, 0.29) is 0 Å². The SMILES string of the molecule is CCCNCc1nnc(NCCCCCCSC)o1. The average Bonchev–Trinajstić information content (AvgIpc) is 2.86. The second kappa shape index (κ2) is 11.1. The number of hydrogen-bond acceptors (Lipinski definition) is 6. The molecular formula is C13H26N4OS. The molecule has 0 aliphatic rings. The summed E-state index contributed by atoms with van der Waals surface area (Å²) in [6.07, 6.45) is 8.29. The molecule has 0 aromatic carbocycles. The van der Waals surface area contributed by atoms with E-state index in [1.807, 2.05) is 11.8 Å². The molecule has 6 heteroatoms. The minimum absolute atomic E-state index is 0.539. The highest BCUT2D eigenvalue weighted by molar-refractivity contribution is 7.98. The van der Waals surface area contributed by atoms with Gasteiger partial charge in [0.15, 0.2) is 0 Å². The van der Waals surface area contributed by atoms with Crippen LogP contribution in [0, 0.1) is 0 Å². The van der Waals surface area contributed by atoms with E-state index >= 15 is 0 Å². The number of hydrogen-bond donors (Lipinski definition) is 2. The molecule has 0 spiro atoms. The van der Waals surface area contributed by atoms with E-state index in [1.165, 1.54) is 25.0 Å². The zero-order chi connectivity index (χ0) is 13.8. The van der Waals surface area contributed by atoms with E-state index in [0.29, 0.717) is 18.5 Å². The fourth-order valence-electron chi connectivity index (χ4n) is 1.69. The van der Waals surface area contributed by atoms with Gasteiger partial charge in [0, 0.05) is 6.54 Å². The highest BCUT2D eigenvalue weighted by Gasteiger charge is 2.04. The molecule has 0 radical (unpaired) electrons. The summed E-state index contributed by atoms with van der Waals surface area (Å²) in [6, 6.07) is 0.539. The third kappa shape index (κ3) is 8.10. The fraction of sp³-hybridized carbons (Fsp3) is 0.846. The first kappa shape index (κ1) is 16.3. The van der Waals surface area contributed by atoms with Crippen molar-refractivity contribution in [3.05, 3.63) is 5.89 Å². The Balaban J connectivity index is 2.03. The monoisotopic (exact) mass is 286 g/mol. The lowest BCUT2D eigenvalue weighted by Gasteiger charge is -2.01. The molecule has 0 amide bonds. The number of thioether (sulfide) groups is 1. The molecule has 0 fully saturated rings. The third-order valence-electron chi connectivity index (χ3n) is 2.72. The number of aromatic nitrogens is 2. The Morgan fingerprint density at radius 3 is 2.74 bits per heavy atom. The lowest BCUT2D eigenvalue weighted by molar-refractivity contribution is 0.476. The van der Waals surface area contributed by atoms with Crippen LogP contribution in [0.25, 0.3) is 0 Å². The summed E-state index contributed by atoms with van der Waals surface area (Å²) in [6.45, 7) is 4.66. The molecule has 0 unspecified atom stereocenters. The number of rotatable bonds is 12. The molecule has 0 bridgehead atoms. The van der Waals surface area contributed by atoms with Crippen molar-refractivity contribution in [1.82, 2.24) is 15.5 Å². The molecule has 1 rings (SSSR count). The van der Waals surface area contributed by atoms with Crippen molar-refractivity contribution in [1.29, 1.82) is 0 Å². The molecule has 1 aromatic heterocycles. The standard InChI is InChI=1S/C13H26N4OS/c1-3-8-14-11-12-16-17-13(18-12)15-9-6-4-5-7-10-19-2/h14H,3-11H2,1-2H3,(H,15,17). The van der Waals surface area contributed by atoms with Gasteiger partial charge >= 0.3 is 6.01 Å². The van der Waals surface area contributed by atoms with Crippen LogP contribution in [0.3, 0.4) is 0 Å². The molecule has 1 heterocycles. The molecule has 0 atom stereocenters. The summed E-state index contributed by atoms with van der Waals surface area (Å²) in [5, 5.41) is 14.4. The third-order valence-corrected chi connectivity index (χ3v) is 3.42. The van der Waals surface area contributed by atoms with Gasteiger partial charge in [-0.15, -0.1) is 5.10 Å². The molecule has 2 N–H and O–H groups in total. The fourth-order valence-corrected chi connectivity index (χ4v) is 2.18. The Morgan fingerprint density at radius 1 is 1.11 bits per heavy atom.